The lowest BCUT2D eigenvalue weighted by atomic mass is 10.5. The number of sulfonamides is 1. The van der Waals surface area contributed by atoms with Crippen molar-refractivity contribution in [2.45, 2.75) is 24.3 Å². The van der Waals surface area contributed by atoms with E-state index in [1.54, 1.807) is 0 Å². The lowest BCUT2D eigenvalue weighted by molar-refractivity contribution is 0.578. The fourth-order valence-electron chi connectivity index (χ4n) is 1.31. The molecule has 82 valence electrons. The largest absolute Gasteiger partial charge is 0.263 e. The molecule has 15 heavy (non-hydrogen) atoms. The van der Waals surface area contributed by atoms with Crippen molar-refractivity contribution in [1.29, 1.82) is 0 Å². The van der Waals surface area contributed by atoms with Gasteiger partial charge in [-0.25, -0.2) is 13.1 Å². The Balaban J connectivity index is 2.26. The molecule has 0 spiro atoms. The summed E-state index contributed by atoms with van der Waals surface area (Å²) in [5.74, 6) is 0.412. The normalized spacial score (nSPS) is 25.2. The van der Waals surface area contributed by atoms with E-state index in [0.29, 0.717) is 5.92 Å². The summed E-state index contributed by atoms with van der Waals surface area (Å²) in [5.41, 5.74) is 0. The first-order valence-corrected chi connectivity index (χ1v) is 6.48. The van der Waals surface area contributed by atoms with Gasteiger partial charge in [0.1, 0.15) is 4.90 Å². The van der Waals surface area contributed by atoms with Gasteiger partial charge in [-0.05, 0) is 18.4 Å². The lowest BCUT2D eigenvalue weighted by Crippen LogP contribution is -2.27. The molecule has 0 radical (unpaired) electrons. The number of aromatic nitrogens is 1. The van der Waals surface area contributed by atoms with Gasteiger partial charge in [0.2, 0.25) is 10.0 Å². The van der Waals surface area contributed by atoms with Crippen molar-refractivity contribution in [3.8, 4) is 0 Å². The SMILES string of the molecule is CC1CC1NS(=O)(=O)c1cnccc1Cl. The fraction of sp³-hybridized carbons (Fsp3) is 0.444. The maximum Gasteiger partial charge on any atom is 0.243 e. The molecule has 1 fully saturated rings. The standard InChI is InChI=1S/C9H11ClN2O2S/c1-6-4-8(6)12-15(13,14)9-5-11-3-2-7(9)10/h2-3,5-6,8,12H,4H2,1H3. The molecule has 2 rings (SSSR count). The molecule has 1 aromatic rings. The Bertz CT molecular complexity index is 475. The highest BCUT2D eigenvalue weighted by molar-refractivity contribution is 7.89. The Morgan fingerprint density at radius 3 is 2.80 bits per heavy atom. The van der Waals surface area contributed by atoms with Gasteiger partial charge in [0, 0.05) is 18.4 Å². The first-order valence-electron chi connectivity index (χ1n) is 4.62. The molecule has 4 nitrogen and oxygen atoms in total. The van der Waals surface area contributed by atoms with Crippen molar-refractivity contribution >= 4 is 21.6 Å². The molecule has 1 saturated carbocycles. The van der Waals surface area contributed by atoms with Gasteiger partial charge in [0.05, 0.1) is 5.02 Å². The van der Waals surface area contributed by atoms with Gasteiger partial charge in [-0.1, -0.05) is 18.5 Å². The second-order valence-electron chi connectivity index (χ2n) is 3.75. The average molecular weight is 247 g/mol. The highest BCUT2D eigenvalue weighted by Gasteiger charge is 2.36. The Kier molecular flexibility index (Phi) is 2.70. The molecule has 6 heteroatoms. The molecule has 0 aliphatic heterocycles. The maximum absolute atomic E-state index is 11.8. The summed E-state index contributed by atoms with van der Waals surface area (Å²) in [6.45, 7) is 2.00. The van der Waals surface area contributed by atoms with Crippen LogP contribution in [-0.2, 0) is 10.0 Å². The fourth-order valence-corrected chi connectivity index (χ4v) is 3.10. The number of hydrogen-bond donors (Lipinski definition) is 1. The van der Waals surface area contributed by atoms with Gasteiger partial charge in [0.25, 0.3) is 0 Å². The number of pyridine rings is 1. The van der Waals surface area contributed by atoms with Crippen molar-refractivity contribution < 1.29 is 8.42 Å². The van der Waals surface area contributed by atoms with Gasteiger partial charge < -0.3 is 0 Å². The van der Waals surface area contributed by atoms with Gasteiger partial charge in [0.15, 0.2) is 0 Å². The molecule has 2 atom stereocenters. The predicted octanol–water partition coefficient (Wildman–Crippen LogP) is 1.42. The van der Waals surface area contributed by atoms with Gasteiger partial charge >= 0.3 is 0 Å². The molecule has 1 aromatic heterocycles. The first-order chi connectivity index (χ1) is 7.00. The van der Waals surface area contributed by atoms with Crippen molar-refractivity contribution in [1.82, 2.24) is 9.71 Å². The summed E-state index contributed by atoms with van der Waals surface area (Å²) < 4.78 is 26.2. The smallest absolute Gasteiger partial charge is 0.243 e. The Morgan fingerprint density at radius 1 is 1.60 bits per heavy atom. The number of hydrogen-bond acceptors (Lipinski definition) is 3. The molecular formula is C9H11ClN2O2S. The van der Waals surface area contributed by atoms with Crippen molar-refractivity contribution in [2.75, 3.05) is 0 Å². The molecule has 1 N–H and O–H groups in total. The van der Waals surface area contributed by atoms with Crippen LogP contribution in [0.25, 0.3) is 0 Å². The molecule has 0 amide bonds. The topological polar surface area (TPSA) is 59.1 Å². The van der Waals surface area contributed by atoms with Gasteiger partial charge in [-0.2, -0.15) is 0 Å². The number of halogens is 1. The Morgan fingerprint density at radius 2 is 2.27 bits per heavy atom. The van der Waals surface area contributed by atoms with Crippen LogP contribution >= 0.6 is 11.6 Å². The predicted molar refractivity (Wildman–Crippen MR) is 57.1 cm³/mol. The van der Waals surface area contributed by atoms with E-state index in [0.717, 1.165) is 6.42 Å². The summed E-state index contributed by atoms with van der Waals surface area (Å²) in [5, 5.41) is 0.200. The van der Waals surface area contributed by atoms with E-state index in [4.69, 9.17) is 11.6 Å². The van der Waals surface area contributed by atoms with E-state index >= 15 is 0 Å². The minimum atomic E-state index is -3.51. The van der Waals surface area contributed by atoms with Crippen LogP contribution in [0.1, 0.15) is 13.3 Å². The first kappa shape index (κ1) is 10.9. The minimum absolute atomic E-state index is 0.0470. The zero-order chi connectivity index (χ0) is 11.1. The highest BCUT2D eigenvalue weighted by atomic mass is 35.5. The van der Waals surface area contributed by atoms with Crippen molar-refractivity contribution in [3.05, 3.63) is 23.5 Å². The molecule has 1 aliphatic carbocycles. The van der Waals surface area contributed by atoms with Crippen LogP contribution < -0.4 is 4.72 Å². The molecule has 2 unspecified atom stereocenters. The van der Waals surface area contributed by atoms with E-state index in [2.05, 4.69) is 9.71 Å². The zero-order valence-corrected chi connectivity index (χ0v) is 9.72. The monoisotopic (exact) mass is 246 g/mol. The molecule has 0 saturated heterocycles. The third-order valence-electron chi connectivity index (χ3n) is 2.44. The van der Waals surface area contributed by atoms with Crippen LogP contribution in [-0.4, -0.2) is 19.4 Å². The number of nitrogens with one attached hydrogen (secondary N) is 1. The van der Waals surface area contributed by atoms with Crippen LogP contribution in [0.15, 0.2) is 23.4 Å². The van der Waals surface area contributed by atoms with Crippen molar-refractivity contribution in [3.63, 3.8) is 0 Å². The summed E-state index contributed by atoms with van der Waals surface area (Å²) in [6, 6.07) is 1.51. The second kappa shape index (κ2) is 3.73. The zero-order valence-electron chi connectivity index (χ0n) is 8.14. The summed E-state index contributed by atoms with van der Waals surface area (Å²) in [6.07, 6.45) is 3.61. The Hall–Kier alpha value is -0.650. The third-order valence-corrected chi connectivity index (χ3v) is 4.40. The van der Waals surface area contributed by atoms with Crippen LogP contribution in [0.2, 0.25) is 5.02 Å². The quantitative estimate of drug-likeness (QED) is 0.878. The summed E-state index contributed by atoms with van der Waals surface area (Å²) >= 11 is 5.79. The minimum Gasteiger partial charge on any atom is -0.263 e. The third kappa shape index (κ3) is 2.30. The van der Waals surface area contributed by atoms with E-state index < -0.39 is 10.0 Å². The molecule has 1 aliphatic rings. The van der Waals surface area contributed by atoms with Crippen LogP contribution in [0, 0.1) is 5.92 Å². The number of rotatable bonds is 3. The van der Waals surface area contributed by atoms with E-state index in [1.165, 1.54) is 18.5 Å². The van der Waals surface area contributed by atoms with Crippen LogP contribution in [0.4, 0.5) is 0 Å². The summed E-state index contributed by atoms with van der Waals surface area (Å²) in [4.78, 5) is 3.80. The molecular weight excluding hydrogens is 236 g/mol. The molecule has 1 heterocycles. The maximum atomic E-state index is 11.8. The van der Waals surface area contributed by atoms with E-state index in [-0.39, 0.29) is 16.0 Å². The average Bonchev–Trinajstić information content (AvgIpc) is 2.81. The molecule has 0 aromatic carbocycles. The Labute approximate surface area is 93.7 Å². The van der Waals surface area contributed by atoms with Crippen molar-refractivity contribution in [2.24, 2.45) is 5.92 Å². The summed E-state index contributed by atoms with van der Waals surface area (Å²) in [7, 11) is -3.51. The lowest BCUT2D eigenvalue weighted by Gasteiger charge is -2.06. The second-order valence-corrected chi connectivity index (χ2v) is 5.84. The van der Waals surface area contributed by atoms with E-state index in [9.17, 15) is 8.42 Å². The van der Waals surface area contributed by atoms with E-state index in [1.807, 2.05) is 6.92 Å². The van der Waals surface area contributed by atoms with Crippen LogP contribution in [0.3, 0.4) is 0 Å². The van der Waals surface area contributed by atoms with Gasteiger partial charge in [-0.15, -0.1) is 0 Å². The van der Waals surface area contributed by atoms with Crippen LogP contribution in [0.5, 0.6) is 0 Å². The molecule has 0 bridgehead atoms. The highest BCUT2D eigenvalue weighted by Crippen LogP contribution is 2.31. The van der Waals surface area contributed by atoms with Gasteiger partial charge in [-0.3, -0.25) is 4.98 Å². The number of nitrogens with zero attached hydrogens (tertiary/aromatic N) is 1.